The van der Waals surface area contributed by atoms with Crippen LogP contribution in [0.25, 0.3) is 0 Å². The summed E-state index contributed by atoms with van der Waals surface area (Å²) in [4.78, 5) is 13.4. The third-order valence-electron chi connectivity index (χ3n) is 3.62. The minimum absolute atomic E-state index is 0.327. The molecule has 0 spiro atoms. The van der Waals surface area contributed by atoms with E-state index in [4.69, 9.17) is 4.74 Å². The molecule has 0 radical (unpaired) electrons. The Hall–Kier alpha value is -1.28. The molecule has 106 valence electrons. The Bertz CT molecular complexity index is 382. The normalized spacial score (nSPS) is 22.7. The lowest BCUT2D eigenvalue weighted by Crippen LogP contribution is -2.71. The number of carbonyl (C=O) groups excluding carboxylic acids is 1. The number of hydrogen-bond acceptors (Lipinski definition) is 4. The molecule has 2 rings (SSSR count). The van der Waals surface area contributed by atoms with Gasteiger partial charge in [-0.1, -0.05) is 12.8 Å². The summed E-state index contributed by atoms with van der Waals surface area (Å²) in [6.07, 6.45) is 4.40. The number of carbonyl (C=O) groups is 1. The molecule has 1 saturated heterocycles. The van der Waals surface area contributed by atoms with Crippen molar-refractivity contribution in [2.75, 3.05) is 13.1 Å². The van der Waals surface area contributed by atoms with Crippen LogP contribution in [0.2, 0.25) is 0 Å². The van der Waals surface area contributed by atoms with Gasteiger partial charge in [-0.2, -0.15) is 5.26 Å². The summed E-state index contributed by atoms with van der Waals surface area (Å²) in [5.41, 5.74) is -1.05. The summed E-state index contributed by atoms with van der Waals surface area (Å²) in [6.45, 7) is 6.39. The van der Waals surface area contributed by atoms with Crippen molar-refractivity contribution in [2.24, 2.45) is 0 Å². The van der Waals surface area contributed by atoms with Gasteiger partial charge in [-0.25, -0.2) is 4.79 Å². The van der Waals surface area contributed by atoms with Gasteiger partial charge in [0.1, 0.15) is 11.1 Å². The van der Waals surface area contributed by atoms with Crippen LogP contribution < -0.4 is 5.32 Å². The molecule has 0 aromatic heterocycles. The average molecular weight is 265 g/mol. The summed E-state index contributed by atoms with van der Waals surface area (Å²) in [5.74, 6) is 0. The molecule has 5 heteroatoms. The molecule has 0 aromatic carbocycles. The van der Waals surface area contributed by atoms with Crippen LogP contribution in [0.4, 0.5) is 4.79 Å². The first-order valence-corrected chi connectivity index (χ1v) is 7.00. The smallest absolute Gasteiger partial charge is 0.410 e. The Labute approximate surface area is 114 Å². The molecule has 0 bridgehead atoms. The Balaban J connectivity index is 1.85. The first kappa shape index (κ1) is 14.1. The average Bonchev–Trinajstić information content (AvgIpc) is 2.72. The van der Waals surface area contributed by atoms with E-state index in [9.17, 15) is 10.1 Å². The van der Waals surface area contributed by atoms with Crippen LogP contribution in [0.1, 0.15) is 46.5 Å². The molecule has 19 heavy (non-hydrogen) atoms. The van der Waals surface area contributed by atoms with Gasteiger partial charge in [0.25, 0.3) is 0 Å². The van der Waals surface area contributed by atoms with Crippen molar-refractivity contribution in [3.63, 3.8) is 0 Å². The highest BCUT2D eigenvalue weighted by Crippen LogP contribution is 2.27. The van der Waals surface area contributed by atoms with Gasteiger partial charge < -0.3 is 9.64 Å². The van der Waals surface area contributed by atoms with E-state index in [1.54, 1.807) is 4.90 Å². The molecule has 2 fully saturated rings. The molecular weight excluding hydrogens is 242 g/mol. The van der Waals surface area contributed by atoms with Crippen molar-refractivity contribution in [2.45, 2.75) is 63.6 Å². The number of nitrogens with zero attached hydrogens (tertiary/aromatic N) is 2. The van der Waals surface area contributed by atoms with E-state index in [0.29, 0.717) is 19.1 Å². The molecular formula is C14H23N3O2. The van der Waals surface area contributed by atoms with Gasteiger partial charge in [-0.3, -0.25) is 5.32 Å². The number of nitriles is 1. The van der Waals surface area contributed by atoms with E-state index in [-0.39, 0.29) is 6.09 Å². The Morgan fingerprint density at radius 1 is 1.37 bits per heavy atom. The highest BCUT2D eigenvalue weighted by molar-refractivity contribution is 5.70. The molecule has 0 atom stereocenters. The van der Waals surface area contributed by atoms with E-state index in [0.717, 1.165) is 12.8 Å². The van der Waals surface area contributed by atoms with Gasteiger partial charge >= 0.3 is 6.09 Å². The molecule has 1 heterocycles. The number of nitrogens with one attached hydrogen (secondary N) is 1. The van der Waals surface area contributed by atoms with E-state index >= 15 is 0 Å². The van der Waals surface area contributed by atoms with Crippen LogP contribution in [-0.2, 0) is 4.74 Å². The van der Waals surface area contributed by atoms with Crippen LogP contribution in [0.3, 0.4) is 0 Å². The van der Waals surface area contributed by atoms with Crippen LogP contribution >= 0.6 is 0 Å². The topological polar surface area (TPSA) is 65.4 Å². The highest BCUT2D eigenvalue weighted by Gasteiger charge is 2.48. The van der Waals surface area contributed by atoms with Crippen molar-refractivity contribution < 1.29 is 9.53 Å². The Kier molecular flexibility index (Phi) is 3.73. The van der Waals surface area contributed by atoms with Gasteiger partial charge in [0, 0.05) is 6.04 Å². The lowest BCUT2D eigenvalue weighted by Gasteiger charge is -2.47. The SMILES string of the molecule is CC(C)(C)OC(=O)N1CC(C#N)(NC2CCCC2)C1. The Morgan fingerprint density at radius 3 is 2.42 bits per heavy atom. The fraction of sp³-hybridized carbons (Fsp3) is 0.857. The van der Waals surface area contributed by atoms with Crippen molar-refractivity contribution in [3.05, 3.63) is 0 Å². The van der Waals surface area contributed by atoms with Gasteiger partial charge in [0.05, 0.1) is 19.2 Å². The van der Waals surface area contributed by atoms with Gasteiger partial charge in [-0.15, -0.1) is 0 Å². The zero-order chi connectivity index (χ0) is 14.1. The second-order valence-corrected chi connectivity index (χ2v) is 6.66. The van der Waals surface area contributed by atoms with Crippen LogP contribution in [-0.4, -0.2) is 41.3 Å². The predicted molar refractivity (Wildman–Crippen MR) is 71.5 cm³/mol. The third-order valence-corrected chi connectivity index (χ3v) is 3.62. The van der Waals surface area contributed by atoms with Crippen molar-refractivity contribution in [3.8, 4) is 6.07 Å². The quantitative estimate of drug-likeness (QED) is 0.829. The fourth-order valence-electron chi connectivity index (χ4n) is 2.72. The van der Waals surface area contributed by atoms with E-state index in [2.05, 4.69) is 11.4 Å². The second-order valence-electron chi connectivity index (χ2n) is 6.66. The zero-order valence-corrected chi connectivity index (χ0v) is 12.0. The fourth-order valence-corrected chi connectivity index (χ4v) is 2.72. The van der Waals surface area contributed by atoms with E-state index < -0.39 is 11.1 Å². The highest BCUT2D eigenvalue weighted by atomic mass is 16.6. The van der Waals surface area contributed by atoms with Crippen molar-refractivity contribution in [1.82, 2.24) is 10.2 Å². The lowest BCUT2D eigenvalue weighted by molar-refractivity contribution is -0.00673. The maximum absolute atomic E-state index is 11.8. The molecule has 2 aliphatic rings. The lowest BCUT2D eigenvalue weighted by atomic mass is 9.90. The van der Waals surface area contributed by atoms with Crippen molar-refractivity contribution in [1.29, 1.82) is 5.26 Å². The summed E-state index contributed by atoms with van der Waals surface area (Å²) >= 11 is 0. The third kappa shape index (κ3) is 3.38. The zero-order valence-electron chi connectivity index (χ0n) is 12.0. The van der Waals surface area contributed by atoms with E-state index in [1.807, 2.05) is 20.8 Å². The maximum Gasteiger partial charge on any atom is 0.410 e. The standard InChI is InChI=1S/C14H23N3O2/c1-13(2,3)19-12(18)17-9-14(8-15,10-17)16-11-6-4-5-7-11/h11,16H,4-7,9-10H2,1-3H3. The summed E-state index contributed by atoms with van der Waals surface area (Å²) in [5, 5.41) is 12.8. The molecule has 1 aliphatic carbocycles. The van der Waals surface area contributed by atoms with Crippen LogP contribution in [0, 0.1) is 11.3 Å². The number of ether oxygens (including phenoxy) is 1. The first-order chi connectivity index (χ1) is 8.84. The van der Waals surface area contributed by atoms with Crippen LogP contribution in [0.5, 0.6) is 0 Å². The second kappa shape index (κ2) is 5.01. The minimum atomic E-state index is -0.564. The molecule has 0 unspecified atom stereocenters. The van der Waals surface area contributed by atoms with Gasteiger partial charge in [0.2, 0.25) is 0 Å². The molecule has 5 nitrogen and oxygen atoms in total. The number of hydrogen-bond donors (Lipinski definition) is 1. The number of rotatable bonds is 2. The van der Waals surface area contributed by atoms with Crippen molar-refractivity contribution >= 4 is 6.09 Å². The molecule has 1 aliphatic heterocycles. The summed E-state index contributed by atoms with van der Waals surface area (Å²) in [7, 11) is 0. The molecule has 1 N–H and O–H groups in total. The number of amides is 1. The maximum atomic E-state index is 11.8. The summed E-state index contributed by atoms with van der Waals surface area (Å²) in [6, 6.07) is 2.76. The molecule has 1 amide bonds. The van der Waals surface area contributed by atoms with Gasteiger partial charge in [0.15, 0.2) is 0 Å². The van der Waals surface area contributed by atoms with E-state index in [1.165, 1.54) is 12.8 Å². The first-order valence-electron chi connectivity index (χ1n) is 7.00. The molecule has 1 saturated carbocycles. The summed E-state index contributed by atoms with van der Waals surface area (Å²) < 4.78 is 5.30. The predicted octanol–water partition coefficient (Wildman–Crippen LogP) is 2.03. The van der Waals surface area contributed by atoms with Crippen LogP contribution in [0.15, 0.2) is 0 Å². The molecule has 0 aromatic rings. The minimum Gasteiger partial charge on any atom is -0.444 e. The van der Waals surface area contributed by atoms with Gasteiger partial charge in [-0.05, 0) is 33.6 Å². The number of likely N-dealkylation sites (tertiary alicyclic amines) is 1. The monoisotopic (exact) mass is 265 g/mol. The largest absolute Gasteiger partial charge is 0.444 e. The Morgan fingerprint density at radius 2 is 1.95 bits per heavy atom.